The van der Waals surface area contributed by atoms with Gasteiger partial charge in [-0.05, 0) is 47.0 Å². The van der Waals surface area contributed by atoms with E-state index in [4.69, 9.17) is 0 Å². The van der Waals surface area contributed by atoms with E-state index in [1.54, 1.807) is 0 Å². The second-order valence-corrected chi connectivity index (χ2v) is 6.60. The summed E-state index contributed by atoms with van der Waals surface area (Å²) in [6.45, 7) is 0. The van der Waals surface area contributed by atoms with Crippen molar-refractivity contribution >= 4 is 12.2 Å². The van der Waals surface area contributed by atoms with E-state index in [0.29, 0.717) is 11.8 Å². The molecule has 0 heterocycles. The Labute approximate surface area is 144 Å². The van der Waals surface area contributed by atoms with Crippen LogP contribution in [0.2, 0.25) is 0 Å². The fourth-order valence-electron chi connectivity index (χ4n) is 3.81. The van der Waals surface area contributed by atoms with Crippen LogP contribution in [0.15, 0.2) is 96.1 Å². The van der Waals surface area contributed by atoms with Gasteiger partial charge in [-0.15, -0.1) is 0 Å². The molecule has 118 valence electrons. The summed E-state index contributed by atoms with van der Waals surface area (Å²) >= 11 is 0. The molecule has 0 aliphatic heterocycles. The van der Waals surface area contributed by atoms with Gasteiger partial charge in [0.1, 0.15) is 0 Å². The van der Waals surface area contributed by atoms with E-state index >= 15 is 0 Å². The molecule has 4 rings (SSSR count). The highest BCUT2D eigenvalue weighted by molar-refractivity contribution is 5.61. The van der Waals surface area contributed by atoms with Crippen LogP contribution < -0.4 is 0 Å². The molecule has 0 saturated carbocycles. The predicted molar refractivity (Wildman–Crippen MR) is 103 cm³/mol. The maximum absolute atomic E-state index is 2.35. The summed E-state index contributed by atoms with van der Waals surface area (Å²) in [6, 6.07) is 21.3. The minimum atomic E-state index is 0.593. The molecule has 0 amide bonds. The number of rotatable bonds is 3. The summed E-state index contributed by atoms with van der Waals surface area (Å²) in [5, 5.41) is 0. The summed E-state index contributed by atoms with van der Waals surface area (Å²) in [5.74, 6) is 1.19. The third-order valence-corrected chi connectivity index (χ3v) is 5.01. The van der Waals surface area contributed by atoms with Crippen LogP contribution in [-0.4, -0.2) is 0 Å². The van der Waals surface area contributed by atoms with Crippen molar-refractivity contribution in [2.75, 3.05) is 0 Å². The Balaban J connectivity index is 1.61. The van der Waals surface area contributed by atoms with Crippen LogP contribution in [-0.2, 0) is 0 Å². The first-order valence-electron chi connectivity index (χ1n) is 8.76. The smallest absolute Gasteiger partial charge is 0.00553 e. The van der Waals surface area contributed by atoms with Crippen LogP contribution in [0.25, 0.3) is 12.2 Å². The van der Waals surface area contributed by atoms with Gasteiger partial charge in [0.25, 0.3) is 0 Å². The second kappa shape index (κ2) is 6.88. The zero-order valence-electron chi connectivity index (χ0n) is 13.8. The normalized spacial score (nSPS) is 25.8. The number of benzene rings is 2. The first-order valence-corrected chi connectivity index (χ1v) is 8.76. The van der Waals surface area contributed by atoms with E-state index in [1.807, 2.05) is 0 Å². The first-order chi connectivity index (χ1) is 11.9. The quantitative estimate of drug-likeness (QED) is 0.623. The van der Waals surface area contributed by atoms with Crippen molar-refractivity contribution in [1.82, 2.24) is 0 Å². The van der Waals surface area contributed by atoms with Crippen molar-refractivity contribution in [3.63, 3.8) is 0 Å². The van der Waals surface area contributed by atoms with Gasteiger partial charge in [-0.2, -0.15) is 0 Å². The van der Waals surface area contributed by atoms with E-state index < -0.39 is 0 Å². The van der Waals surface area contributed by atoms with E-state index in [0.717, 1.165) is 12.8 Å². The van der Waals surface area contributed by atoms with Crippen molar-refractivity contribution in [2.45, 2.75) is 12.8 Å². The fourth-order valence-corrected chi connectivity index (χ4v) is 3.81. The molecular weight excluding hydrogens is 288 g/mol. The average molecular weight is 310 g/mol. The minimum Gasteiger partial charge on any atom is -0.0836 e. The van der Waals surface area contributed by atoms with E-state index in [2.05, 4.69) is 97.1 Å². The summed E-state index contributed by atoms with van der Waals surface area (Å²) < 4.78 is 0. The Hall–Kier alpha value is -2.60. The van der Waals surface area contributed by atoms with Gasteiger partial charge >= 0.3 is 0 Å². The summed E-state index contributed by atoms with van der Waals surface area (Å²) in [7, 11) is 0. The predicted octanol–water partition coefficient (Wildman–Crippen LogP) is 6.31. The Morgan fingerprint density at radius 3 is 1.42 bits per heavy atom. The SMILES string of the molecule is C1=C/C(=C\c2ccccc2)C(C2CC=C/C2=C\c2ccccc2)C1. The third-order valence-electron chi connectivity index (χ3n) is 5.01. The Kier molecular flexibility index (Phi) is 4.29. The number of allylic oxidation sites excluding steroid dienone is 6. The molecule has 2 aromatic rings. The van der Waals surface area contributed by atoms with Crippen molar-refractivity contribution in [1.29, 1.82) is 0 Å². The lowest BCUT2D eigenvalue weighted by molar-refractivity contribution is 0.480. The zero-order chi connectivity index (χ0) is 16.2. The summed E-state index contributed by atoms with van der Waals surface area (Å²) in [5.41, 5.74) is 5.52. The molecule has 0 bridgehead atoms. The van der Waals surface area contributed by atoms with E-state index in [-0.39, 0.29) is 0 Å². The summed E-state index contributed by atoms with van der Waals surface area (Å²) in [6.07, 6.45) is 16.3. The van der Waals surface area contributed by atoms with Crippen molar-refractivity contribution in [3.8, 4) is 0 Å². The Morgan fingerprint density at radius 2 is 1.00 bits per heavy atom. The molecule has 0 saturated heterocycles. The van der Waals surface area contributed by atoms with E-state index in [9.17, 15) is 0 Å². The van der Waals surface area contributed by atoms with Crippen LogP contribution >= 0.6 is 0 Å². The van der Waals surface area contributed by atoms with Gasteiger partial charge in [0.2, 0.25) is 0 Å². The van der Waals surface area contributed by atoms with Crippen LogP contribution in [0.3, 0.4) is 0 Å². The molecule has 0 N–H and O–H groups in total. The molecule has 2 atom stereocenters. The third kappa shape index (κ3) is 3.19. The zero-order valence-corrected chi connectivity index (χ0v) is 13.8. The van der Waals surface area contributed by atoms with Gasteiger partial charge in [-0.1, -0.05) is 97.1 Å². The largest absolute Gasteiger partial charge is 0.0836 e. The van der Waals surface area contributed by atoms with Gasteiger partial charge in [-0.25, -0.2) is 0 Å². The van der Waals surface area contributed by atoms with Crippen LogP contribution in [0.5, 0.6) is 0 Å². The molecule has 0 fully saturated rings. The molecule has 2 aliphatic rings. The maximum Gasteiger partial charge on any atom is -0.00553 e. The van der Waals surface area contributed by atoms with Gasteiger partial charge < -0.3 is 0 Å². The molecule has 0 aromatic heterocycles. The molecule has 0 radical (unpaired) electrons. The highest BCUT2D eigenvalue weighted by atomic mass is 14.3. The molecule has 0 heteroatoms. The monoisotopic (exact) mass is 310 g/mol. The van der Waals surface area contributed by atoms with Crippen LogP contribution in [0, 0.1) is 11.8 Å². The molecule has 24 heavy (non-hydrogen) atoms. The molecule has 2 unspecified atom stereocenters. The minimum absolute atomic E-state index is 0.593. The molecule has 0 nitrogen and oxygen atoms in total. The highest BCUT2D eigenvalue weighted by Crippen LogP contribution is 2.42. The van der Waals surface area contributed by atoms with Crippen molar-refractivity contribution < 1.29 is 0 Å². The van der Waals surface area contributed by atoms with Gasteiger partial charge in [-0.3, -0.25) is 0 Å². The topological polar surface area (TPSA) is 0 Å². The van der Waals surface area contributed by atoms with Gasteiger partial charge in [0.05, 0.1) is 0 Å². The van der Waals surface area contributed by atoms with Gasteiger partial charge in [0.15, 0.2) is 0 Å². The first kappa shape index (κ1) is 15.0. The second-order valence-electron chi connectivity index (χ2n) is 6.60. The average Bonchev–Trinajstić information content (AvgIpc) is 3.26. The Bertz CT molecular complexity index is 732. The standard InChI is InChI=1S/C24H22/c1-3-9-19(10-4-1)17-21-13-7-15-23(21)24-16-8-14-22(24)18-20-11-5-2-6-12-20/h1-14,17-18,23-24H,15-16H2/b21-17+,22-18+. The molecule has 2 aromatic carbocycles. The van der Waals surface area contributed by atoms with E-state index in [1.165, 1.54) is 22.3 Å². The maximum atomic E-state index is 2.35. The molecule has 2 aliphatic carbocycles. The number of hydrogen-bond acceptors (Lipinski definition) is 0. The van der Waals surface area contributed by atoms with Crippen molar-refractivity contribution in [3.05, 3.63) is 107 Å². The van der Waals surface area contributed by atoms with Crippen LogP contribution in [0.1, 0.15) is 24.0 Å². The van der Waals surface area contributed by atoms with Crippen molar-refractivity contribution in [2.24, 2.45) is 11.8 Å². The lowest BCUT2D eigenvalue weighted by Crippen LogP contribution is -2.12. The fraction of sp³-hybridized carbons (Fsp3) is 0.167. The Morgan fingerprint density at radius 1 is 0.583 bits per heavy atom. The lowest BCUT2D eigenvalue weighted by atomic mass is 9.81. The number of hydrogen-bond donors (Lipinski definition) is 0. The molecule has 0 spiro atoms. The van der Waals surface area contributed by atoms with Gasteiger partial charge in [0, 0.05) is 0 Å². The lowest BCUT2D eigenvalue weighted by Gasteiger charge is -2.22. The molecular formula is C24H22. The summed E-state index contributed by atoms with van der Waals surface area (Å²) in [4.78, 5) is 0. The van der Waals surface area contributed by atoms with Crippen LogP contribution in [0.4, 0.5) is 0 Å². The highest BCUT2D eigenvalue weighted by Gasteiger charge is 2.29.